The molecule has 1 rings (SSSR count). The summed E-state index contributed by atoms with van der Waals surface area (Å²) in [4.78, 5) is 2.01. The lowest BCUT2D eigenvalue weighted by atomic mass is 10.2. The van der Waals surface area contributed by atoms with E-state index >= 15 is 0 Å². The van der Waals surface area contributed by atoms with Gasteiger partial charge in [-0.15, -0.1) is 0 Å². The van der Waals surface area contributed by atoms with Crippen LogP contribution < -0.4 is 19.5 Å². The van der Waals surface area contributed by atoms with Gasteiger partial charge < -0.3 is 19.5 Å². The summed E-state index contributed by atoms with van der Waals surface area (Å²) in [5, 5.41) is 3.27. The van der Waals surface area contributed by atoms with Crippen LogP contribution in [-0.2, 0) is 0 Å². The quantitative estimate of drug-likeness (QED) is 0.787. The molecule has 0 radical (unpaired) electrons. The molecule has 4 nitrogen and oxygen atoms in total. The van der Waals surface area contributed by atoms with Gasteiger partial charge in [-0.05, 0) is 11.8 Å². The van der Waals surface area contributed by atoms with Crippen molar-refractivity contribution in [3.8, 4) is 17.2 Å². The lowest BCUT2D eigenvalue weighted by molar-refractivity contribution is 0.324. The summed E-state index contributed by atoms with van der Waals surface area (Å²) in [6.07, 6.45) is 0. The van der Waals surface area contributed by atoms with Crippen molar-refractivity contribution in [2.24, 2.45) is 0 Å². The first-order valence-corrected chi connectivity index (χ1v) is 6.88. The summed E-state index contributed by atoms with van der Waals surface area (Å²) in [5.74, 6) is 1.82. The lowest BCUT2D eigenvalue weighted by Gasteiger charge is -2.15. The van der Waals surface area contributed by atoms with Crippen LogP contribution in [0.15, 0.2) is 35.1 Å². The predicted octanol–water partition coefficient (Wildman–Crippen LogP) is 3.90. The van der Waals surface area contributed by atoms with Gasteiger partial charge in [0.2, 0.25) is 5.75 Å². The molecule has 0 unspecified atom stereocenters. The van der Waals surface area contributed by atoms with Crippen molar-refractivity contribution in [3.63, 3.8) is 0 Å². The molecule has 0 aromatic heterocycles. The predicted molar refractivity (Wildman–Crippen MR) is 86.1 cm³/mol. The van der Waals surface area contributed by atoms with Gasteiger partial charge >= 0.3 is 0 Å². The number of ether oxygens (including phenoxy) is 3. The molecule has 1 aromatic rings. The molecule has 1 N–H and O–H groups in total. The van der Waals surface area contributed by atoms with E-state index in [1.807, 2.05) is 19.1 Å². The number of rotatable bonds is 8. The minimum Gasteiger partial charge on any atom is -0.493 e. The second-order valence-corrected chi connectivity index (χ2v) is 5.59. The van der Waals surface area contributed by atoms with Gasteiger partial charge in [-0.3, -0.25) is 0 Å². The molecule has 0 aliphatic rings. The minimum atomic E-state index is 0.579. The van der Waals surface area contributed by atoms with E-state index in [1.54, 1.807) is 33.1 Å². The normalized spacial score (nSPS) is 9.80. The summed E-state index contributed by atoms with van der Waals surface area (Å²) in [5.41, 5.74) is 0.878. The van der Waals surface area contributed by atoms with E-state index < -0.39 is 0 Å². The second-order valence-electron chi connectivity index (χ2n) is 4.11. The highest BCUT2D eigenvalue weighted by Crippen LogP contribution is 2.40. The molecule has 0 bridgehead atoms. The highest BCUT2D eigenvalue weighted by atomic mass is 32.2. The summed E-state index contributed by atoms with van der Waals surface area (Å²) >= 11 is 1.56. The van der Waals surface area contributed by atoms with Gasteiger partial charge in [-0.1, -0.05) is 24.9 Å². The molecule has 0 saturated heterocycles. The number of anilines is 1. The van der Waals surface area contributed by atoms with E-state index in [-0.39, 0.29) is 0 Å². The van der Waals surface area contributed by atoms with Gasteiger partial charge in [0, 0.05) is 29.3 Å². The molecule has 110 valence electrons. The Balaban J connectivity index is 2.85. The molecular weight excluding hydrogens is 274 g/mol. The monoisotopic (exact) mass is 295 g/mol. The Hall–Kier alpha value is -1.75. The summed E-state index contributed by atoms with van der Waals surface area (Å²) in [6.45, 7) is 10.4. The van der Waals surface area contributed by atoms with E-state index in [0.717, 1.165) is 15.5 Å². The van der Waals surface area contributed by atoms with Crippen LogP contribution in [0.25, 0.3) is 0 Å². The zero-order chi connectivity index (χ0) is 15.1. The van der Waals surface area contributed by atoms with Crippen molar-refractivity contribution in [3.05, 3.63) is 35.1 Å². The number of hydrogen-bond acceptors (Lipinski definition) is 5. The Bertz CT molecular complexity index is 475. The van der Waals surface area contributed by atoms with Gasteiger partial charge in [0.1, 0.15) is 0 Å². The molecule has 0 spiro atoms. The zero-order valence-electron chi connectivity index (χ0n) is 12.4. The van der Waals surface area contributed by atoms with E-state index in [4.69, 9.17) is 14.2 Å². The first-order valence-electron chi connectivity index (χ1n) is 6.06. The van der Waals surface area contributed by atoms with Gasteiger partial charge in [0.25, 0.3) is 0 Å². The van der Waals surface area contributed by atoms with Crippen LogP contribution in [0.5, 0.6) is 17.2 Å². The number of methoxy groups -OCH3 is 3. The Morgan fingerprint density at radius 1 is 1.10 bits per heavy atom. The van der Waals surface area contributed by atoms with E-state index in [1.165, 1.54) is 0 Å². The molecule has 0 fully saturated rings. The molecule has 1 aromatic carbocycles. The van der Waals surface area contributed by atoms with Crippen LogP contribution in [-0.4, -0.2) is 27.9 Å². The van der Waals surface area contributed by atoms with Crippen molar-refractivity contribution in [2.45, 2.75) is 6.92 Å². The molecule has 0 aliphatic carbocycles. The van der Waals surface area contributed by atoms with Gasteiger partial charge in [-0.25, -0.2) is 0 Å². The van der Waals surface area contributed by atoms with Crippen LogP contribution >= 0.6 is 11.8 Å². The number of allylic oxidation sites excluding steroid dienone is 1. The minimum absolute atomic E-state index is 0.579. The first kappa shape index (κ1) is 16.3. The molecule has 20 heavy (non-hydrogen) atoms. The Morgan fingerprint density at radius 2 is 1.65 bits per heavy atom. The maximum Gasteiger partial charge on any atom is 0.203 e. The van der Waals surface area contributed by atoms with Crippen molar-refractivity contribution in [2.75, 3.05) is 33.2 Å². The van der Waals surface area contributed by atoms with Crippen LogP contribution in [0.1, 0.15) is 6.92 Å². The fourth-order valence-corrected chi connectivity index (χ4v) is 2.30. The Labute approximate surface area is 124 Å². The number of nitrogens with one attached hydrogen (secondary N) is 1. The average Bonchev–Trinajstić information content (AvgIpc) is 2.42. The van der Waals surface area contributed by atoms with E-state index in [2.05, 4.69) is 18.5 Å². The molecule has 0 amide bonds. The van der Waals surface area contributed by atoms with Crippen LogP contribution in [0.4, 0.5) is 5.69 Å². The maximum atomic E-state index is 5.30. The smallest absolute Gasteiger partial charge is 0.203 e. The number of thioether (sulfide) groups is 1. The molecule has 0 atom stereocenters. The highest BCUT2D eigenvalue weighted by molar-refractivity contribution is 8.06. The first-order chi connectivity index (χ1) is 9.51. The van der Waals surface area contributed by atoms with Crippen molar-refractivity contribution in [1.29, 1.82) is 0 Å². The third-order valence-electron chi connectivity index (χ3n) is 2.47. The van der Waals surface area contributed by atoms with Crippen LogP contribution in [0.3, 0.4) is 0 Å². The number of hydrogen-bond donors (Lipinski definition) is 1. The SMILES string of the molecule is C=C(C)SC(=C)CNc1cc(OC)c(OC)c(OC)c1. The van der Waals surface area contributed by atoms with Gasteiger partial charge in [0.05, 0.1) is 21.3 Å². The van der Waals surface area contributed by atoms with Crippen molar-refractivity contribution >= 4 is 17.4 Å². The summed E-state index contributed by atoms with van der Waals surface area (Å²) in [7, 11) is 4.77. The Kier molecular flexibility index (Phi) is 6.31. The maximum absolute atomic E-state index is 5.30. The van der Waals surface area contributed by atoms with Crippen molar-refractivity contribution < 1.29 is 14.2 Å². The van der Waals surface area contributed by atoms with Crippen molar-refractivity contribution in [1.82, 2.24) is 0 Å². The molecule has 0 aliphatic heterocycles. The molecular formula is C15H21NO3S. The van der Waals surface area contributed by atoms with Gasteiger partial charge in [-0.2, -0.15) is 0 Å². The summed E-state index contributed by atoms with van der Waals surface area (Å²) < 4.78 is 15.9. The topological polar surface area (TPSA) is 39.7 Å². The lowest BCUT2D eigenvalue weighted by Crippen LogP contribution is -2.03. The average molecular weight is 295 g/mol. The zero-order valence-corrected chi connectivity index (χ0v) is 13.2. The van der Waals surface area contributed by atoms with Crippen LogP contribution in [0.2, 0.25) is 0 Å². The fourth-order valence-electron chi connectivity index (χ4n) is 1.67. The Morgan fingerprint density at radius 3 is 2.05 bits per heavy atom. The van der Waals surface area contributed by atoms with Crippen LogP contribution in [0, 0.1) is 0 Å². The molecule has 5 heteroatoms. The fraction of sp³-hybridized carbons (Fsp3) is 0.333. The van der Waals surface area contributed by atoms with E-state index in [0.29, 0.717) is 23.8 Å². The third kappa shape index (κ3) is 4.42. The second kappa shape index (κ2) is 7.75. The third-order valence-corrected chi connectivity index (χ3v) is 3.25. The van der Waals surface area contributed by atoms with Gasteiger partial charge in [0.15, 0.2) is 11.5 Å². The number of benzene rings is 1. The largest absolute Gasteiger partial charge is 0.493 e. The molecule has 0 heterocycles. The standard InChI is InChI=1S/C15H21NO3S/c1-10(2)20-11(3)9-16-12-7-13(17-4)15(19-6)14(8-12)18-5/h7-8,16H,1,3,9H2,2,4-6H3. The summed E-state index contributed by atoms with van der Waals surface area (Å²) in [6, 6.07) is 3.72. The molecule has 0 saturated carbocycles. The van der Waals surface area contributed by atoms with E-state index in [9.17, 15) is 0 Å². The highest BCUT2D eigenvalue weighted by Gasteiger charge is 2.13.